The van der Waals surface area contributed by atoms with Crippen molar-refractivity contribution in [2.24, 2.45) is 0 Å². The molecule has 0 fully saturated rings. The van der Waals surface area contributed by atoms with Crippen LogP contribution in [0.15, 0.2) is 54.6 Å². The summed E-state index contributed by atoms with van der Waals surface area (Å²) < 4.78 is 5.15. The summed E-state index contributed by atoms with van der Waals surface area (Å²) in [6.07, 6.45) is 0. The number of nitrogens with one attached hydrogen (secondary N) is 1. The van der Waals surface area contributed by atoms with Crippen molar-refractivity contribution in [3.8, 4) is 5.75 Å². The number of ether oxygens (including phenoxy) is 1. The summed E-state index contributed by atoms with van der Waals surface area (Å²) in [5.41, 5.74) is 2.31. The molecule has 0 saturated heterocycles. The molecule has 0 bridgehead atoms. The molecular formula is C19H23NO2S. The van der Waals surface area contributed by atoms with Crippen LogP contribution in [0.5, 0.6) is 5.75 Å². The first-order valence-electron chi connectivity index (χ1n) is 7.70. The number of carbonyl (C=O) groups excluding carboxylic acids is 1. The SMILES string of the molecule is COc1ccc([C@@H](C)NC(=O)[C@H](C)SCc2ccccc2)cc1. The van der Waals surface area contributed by atoms with Crippen LogP contribution in [0.25, 0.3) is 0 Å². The molecule has 0 saturated carbocycles. The smallest absolute Gasteiger partial charge is 0.233 e. The molecule has 0 aliphatic carbocycles. The van der Waals surface area contributed by atoms with E-state index < -0.39 is 0 Å². The fourth-order valence-corrected chi connectivity index (χ4v) is 3.03. The van der Waals surface area contributed by atoms with Gasteiger partial charge in [-0.15, -0.1) is 11.8 Å². The molecule has 0 unspecified atom stereocenters. The summed E-state index contributed by atoms with van der Waals surface area (Å²) in [4.78, 5) is 12.3. The van der Waals surface area contributed by atoms with E-state index in [1.54, 1.807) is 18.9 Å². The molecule has 122 valence electrons. The van der Waals surface area contributed by atoms with Crippen LogP contribution in [0.4, 0.5) is 0 Å². The zero-order chi connectivity index (χ0) is 16.7. The van der Waals surface area contributed by atoms with Crippen molar-refractivity contribution in [3.63, 3.8) is 0 Å². The van der Waals surface area contributed by atoms with E-state index in [1.807, 2.05) is 56.3 Å². The Bertz CT molecular complexity index is 613. The van der Waals surface area contributed by atoms with Gasteiger partial charge in [0.2, 0.25) is 5.91 Å². The van der Waals surface area contributed by atoms with Crippen LogP contribution in [-0.2, 0) is 10.5 Å². The van der Waals surface area contributed by atoms with E-state index in [4.69, 9.17) is 4.74 Å². The Kier molecular flexibility index (Phi) is 6.53. The van der Waals surface area contributed by atoms with Crippen LogP contribution in [0.3, 0.4) is 0 Å². The van der Waals surface area contributed by atoms with Crippen LogP contribution in [0, 0.1) is 0 Å². The van der Waals surface area contributed by atoms with E-state index in [-0.39, 0.29) is 17.2 Å². The van der Waals surface area contributed by atoms with Crippen molar-refractivity contribution in [2.75, 3.05) is 7.11 Å². The van der Waals surface area contributed by atoms with Gasteiger partial charge in [-0.25, -0.2) is 0 Å². The van der Waals surface area contributed by atoms with Crippen molar-refractivity contribution in [2.45, 2.75) is 30.9 Å². The van der Waals surface area contributed by atoms with Gasteiger partial charge in [0.05, 0.1) is 18.4 Å². The molecule has 1 amide bonds. The molecule has 2 atom stereocenters. The molecule has 2 aromatic carbocycles. The number of carbonyl (C=O) groups is 1. The molecular weight excluding hydrogens is 306 g/mol. The summed E-state index contributed by atoms with van der Waals surface area (Å²) >= 11 is 1.65. The van der Waals surface area contributed by atoms with Crippen molar-refractivity contribution >= 4 is 17.7 Å². The normalized spacial score (nSPS) is 13.2. The molecule has 0 radical (unpaired) electrons. The van der Waals surface area contributed by atoms with Gasteiger partial charge in [0.15, 0.2) is 0 Å². The Morgan fingerprint density at radius 2 is 1.74 bits per heavy atom. The number of benzene rings is 2. The van der Waals surface area contributed by atoms with Crippen LogP contribution in [-0.4, -0.2) is 18.3 Å². The third-order valence-corrected chi connectivity index (χ3v) is 4.90. The van der Waals surface area contributed by atoms with Gasteiger partial charge in [0.25, 0.3) is 0 Å². The number of rotatable bonds is 7. The first kappa shape index (κ1) is 17.4. The lowest BCUT2D eigenvalue weighted by Gasteiger charge is -2.18. The van der Waals surface area contributed by atoms with Crippen molar-refractivity contribution in [3.05, 3.63) is 65.7 Å². The van der Waals surface area contributed by atoms with Gasteiger partial charge in [-0.1, -0.05) is 42.5 Å². The Labute approximate surface area is 142 Å². The van der Waals surface area contributed by atoms with Crippen LogP contribution < -0.4 is 10.1 Å². The van der Waals surface area contributed by atoms with Crippen molar-refractivity contribution < 1.29 is 9.53 Å². The predicted molar refractivity (Wildman–Crippen MR) is 96.8 cm³/mol. The molecule has 0 aliphatic rings. The number of amides is 1. The molecule has 3 nitrogen and oxygen atoms in total. The maximum Gasteiger partial charge on any atom is 0.233 e. The first-order valence-corrected chi connectivity index (χ1v) is 8.75. The first-order chi connectivity index (χ1) is 11.1. The largest absolute Gasteiger partial charge is 0.497 e. The maximum atomic E-state index is 12.3. The van der Waals surface area contributed by atoms with Gasteiger partial charge < -0.3 is 10.1 Å². The van der Waals surface area contributed by atoms with E-state index in [1.165, 1.54) is 5.56 Å². The van der Waals surface area contributed by atoms with E-state index in [2.05, 4.69) is 17.4 Å². The van der Waals surface area contributed by atoms with Gasteiger partial charge in [-0.3, -0.25) is 4.79 Å². The van der Waals surface area contributed by atoms with E-state index in [0.717, 1.165) is 17.1 Å². The highest BCUT2D eigenvalue weighted by molar-refractivity contribution is 7.99. The third kappa shape index (κ3) is 5.32. The molecule has 2 aromatic rings. The fraction of sp³-hybridized carbons (Fsp3) is 0.316. The highest BCUT2D eigenvalue weighted by Crippen LogP contribution is 2.20. The Morgan fingerprint density at radius 1 is 1.09 bits per heavy atom. The molecule has 0 aliphatic heterocycles. The summed E-state index contributed by atoms with van der Waals surface area (Å²) in [6.45, 7) is 3.94. The quantitative estimate of drug-likeness (QED) is 0.827. The molecule has 23 heavy (non-hydrogen) atoms. The summed E-state index contributed by atoms with van der Waals surface area (Å²) in [5.74, 6) is 1.72. The Hall–Kier alpha value is -1.94. The average Bonchev–Trinajstić information content (AvgIpc) is 2.60. The summed E-state index contributed by atoms with van der Waals surface area (Å²) in [5, 5.41) is 2.98. The van der Waals surface area contributed by atoms with Crippen molar-refractivity contribution in [1.82, 2.24) is 5.32 Å². The minimum absolute atomic E-state index is 0.0202. The van der Waals surface area contributed by atoms with E-state index in [0.29, 0.717) is 0 Å². The number of thioether (sulfide) groups is 1. The van der Waals surface area contributed by atoms with Gasteiger partial charge in [-0.2, -0.15) is 0 Å². The Balaban J connectivity index is 1.84. The number of methoxy groups -OCH3 is 1. The van der Waals surface area contributed by atoms with Gasteiger partial charge >= 0.3 is 0 Å². The lowest BCUT2D eigenvalue weighted by atomic mass is 10.1. The number of hydrogen-bond acceptors (Lipinski definition) is 3. The molecule has 2 rings (SSSR count). The highest BCUT2D eigenvalue weighted by atomic mass is 32.2. The minimum Gasteiger partial charge on any atom is -0.497 e. The van der Waals surface area contributed by atoms with E-state index in [9.17, 15) is 4.79 Å². The lowest BCUT2D eigenvalue weighted by Crippen LogP contribution is -2.33. The standard InChI is InChI=1S/C19H23NO2S/c1-14(17-9-11-18(22-3)12-10-17)20-19(21)15(2)23-13-16-7-5-4-6-8-16/h4-12,14-15H,13H2,1-3H3,(H,20,21)/t14-,15+/m1/s1. The average molecular weight is 329 g/mol. The second-order valence-corrected chi connectivity index (χ2v) is 6.77. The predicted octanol–water partition coefficient (Wildman–Crippen LogP) is 4.19. The minimum atomic E-state index is -0.0871. The highest BCUT2D eigenvalue weighted by Gasteiger charge is 2.16. The molecule has 0 aromatic heterocycles. The number of hydrogen-bond donors (Lipinski definition) is 1. The third-order valence-electron chi connectivity index (χ3n) is 3.69. The second kappa shape index (κ2) is 8.63. The topological polar surface area (TPSA) is 38.3 Å². The molecule has 1 N–H and O–H groups in total. The summed E-state index contributed by atoms with van der Waals surface area (Å²) in [6, 6.07) is 18.0. The monoisotopic (exact) mass is 329 g/mol. The molecule has 4 heteroatoms. The Morgan fingerprint density at radius 3 is 2.35 bits per heavy atom. The fourth-order valence-electron chi connectivity index (χ4n) is 2.18. The molecule has 0 spiro atoms. The summed E-state index contributed by atoms with van der Waals surface area (Å²) in [7, 11) is 1.64. The van der Waals surface area contributed by atoms with Gasteiger partial charge in [-0.05, 0) is 37.1 Å². The zero-order valence-corrected chi connectivity index (χ0v) is 14.6. The van der Waals surface area contributed by atoms with Crippen LogP contribution >= 0.6 is 11.8 Å². The van der Waals surface area contributed by atoms with Gasteiger partial charge in [0.1, 0.15) is 5.75 Å². The molecule has 0 heterocycles. The maximum absolute atomic E-state index is 12.3. The van der Waals surface area contributed by atoms with Crippen LogP contribution in [0.1, 0.15) is 31.0 Å². The lowest BCUT2D eigenvalue weighted by molar-refractivity contribution is -0.120. The second-order valence-electron chi connectivity index (χ2n) is 5.44. The zero-order valence-electron chi connectivity index (χ0n) is 13.8. The van der Waals surface area contributed by atoms with E-state index >= 15 is 0 Å². The van der Waals surface area contributed by atoms with Crippen LogP contribution in [0.2, 0.25) is 0 Å². The van der Waals surface area contributed by atoms with Crippen molar-refractivity contribution in [1.29, 1.82) is 0 Å². The van der Waals surface area contributed by atoms with Gasteiger partial charge in [0, 0.05) is 5.75 Å².